The van der Waals surface area contributed by atoms with Crippen LogP contribution in [0.1, 0.15) is 30.0 Å². The Hall–Kier alpha value is -0.860. The zero-order chi connectivity index (χ0) is 12.5. The highest BCUT2D eigenvalue weighted by atomic mass is 16.5. The lowest BCUT2D eigenvalue weighted by Crippen LogP contribution is -2.49. The van der Waals surface area contributed by atoms with E-state index in [1.165, 1.54) is 16.7 Å². The van der Waals surface area contributed by atoms with Gasteiger partial charge in [0.1, 0.15) is 0 Å². The molecule has 1 aliphatic heterocycles. The van der Waals surface area contributed by atoms with E-state index in [0.29, 0.717) is 5.92 Å². The number of benzene rings is 1. The van der Waals surface area contributed by atoms with Crippen LogP contribution >= 0.6 is 0 Å². The van der Waals surface area contributed by atoms with Crippen molar-refractivity contribution in [2.24, 2.45) is 11.7 Å². The first-order chi connectivity index (χ1) is 8.07. The molecule has 17 heavy (non-hydrogen) atoms. The van der Waals surface area contributed by atoms with Crippen molar-refractivity contribution in [3.63, 3.8) is 0 Å². The molecule has 1 aromatic carbocycles. The second kappa shape index (κ2) is 4.79. The number of hydrogen-bond acceptors (Lipinski definition) is 2. The van der Waals surface area contributed by atoms with Crippen LogP contribution in [0.5, 0.6) is 0 Å². The second-order valence-electron chi connectivity index (χ2n) is 5.64. The van der Waals surface area contributed by atoms with Crippen LogP contribution in [0, 0.1) is 19.8 Å². The Morgan fingerprint density at radius 2 is 2.06 bits per heavy atom. The summed E-state index contributed by atoms with van der Waals surface area (Å²) in [5.74, 6) is 0.554. The topological polar surface area (TPSA) is 35.2 Å². The van der Waals surface area contributed by atoms with E-state index in [2.05, 4.69) is 39.0 Å². The summed E-state index contributed by atoms with van der Waals surface area (Å²) in [4.78, 5) is 0. The van der Waals surface area contributed by atoms with Crippen molar-refractivity contribution in [2.75, 3.05) is 19.8 Å². The summed E-state index contributed by atoms with van der Waals surface area (Å²) in [6.07, 6.45) is 1.13. The fraction of sp³-hybridized carbons (Fsp3) is 0.600. The van der Waals surface area contributed by atoms with Crippen LogP contribution in [-0.2, 0) is 10.2 Å². The van der Waals surface area contributed by atoms with Crippen molar-refractivity contribution in [1.82, 2.24) is 0 Å². The number of rotatable bonds is 4. The molecular formula is C15H23NO. The van der Waals surface area contributed by atoms with Crippen LogP contribution in [0.4, 0.5) is 0 Å². The minimum absolute atomic E-state index is 0.217. The second-order valence-corrected chi connectivity index (χ2v) is 5.64. The van der Waals surface area contributed by atoms with E-state index in [4.69, 9.17) is 10.5 Å². The molecule has 1 unspecified atom stereocenters. The van der Waals surface area contributed by atoms with E-state index in [9.17, 15) is 0 Å². The van der Waals surface area contributed by atoms with Crippen LogP contribution in [0.3, 0.4) is 0 Å². The van der Waals surface area contributed by atoms with Gasteiger partial charge in [-0.3, -0.25) is 0 Å². The maximum Gasteiger partial charge on any atom is 0.0585 e. The van der Waals surface area contributed by atoms with Gasteiger partial charge in [-0.25, -0.2) is 0 Å². The van der Waals surface area contributed by atoms with E-state index in [-0.39, 0.29) is 5.41 Å². The van der Waals surface area contributed by atoms with Crippen molar-refractivity contribution in [2.45, 2.75) is 32.6 Å². The van der Waals surface area contributed by atoms with Gasteiger partial charge < -0.3 is 10.5 Å². The minimum atomic E-state index is 0.217. The first-order valence-electron chi connectivity index (χ1n) is 6.43. The first-order valence-corrected chi connectivity index (χ1v) is 6.43. The van der Waals surface area contributed by atoms with Crippen molar-refractivity contribution in [1.29, 1.82) is 0 Å². The molecule has 0 bridgehead atoms. The summed E-state index contributed by atoms with van der Waals surface area (Å²) in [7, 11) is 0. The highest BCUT2D eigenvalue weighted by Crippen LogP contribution is 2.40. The van der Waals surface area contributed by atoms with Gasteiger partial charge in [0.25, 0.3) is 0 Å². The summed E-state index contributed by atoms with van der Waals surface area (Å²) in [6, 6.07) is 6.72. The maximum absolute atomic E-state index is 5.76. The van der Waals surface area contributed by atoms with Gasteiger partial charge in [0.15, 0.2) is 0 Å². The van der Waals surface area contributed by atoms with Crippen LogP contribution in [-0.4, -0.2) is 19.8 Å². The Kier molecular flexibility index (Phi) is 3.55. The van der Waals surface area contributed by atoms with Crippen LogP contribution in [0.25, 0.3) is 0 Å². The Bertz CT molecular complexity index is 396. The predicted octanol–water partition coefficient (Wildman–Crippen LogP) is 2.56. The van der Waals surface area contributed by atoms with E-state index < -0.39 is 0 Å². The molecule has 1 heterocycles. The smallest absolute Gasteiger partial charge is 0.0585 e. The highest BCUT2D eigenvalue weighted by molar-refractivity contribution is 5.38. The van der Waals surface area contributed by atoms with Crippen LogP contribution in [0.2, 0.25) is 0 Å². The predicted molar refractivity (Wildman–Crippen MR) is 71.2 cm³/mol. The molecule has 1 saturated heterocycles. The zero-order valence-electron chi connectivity index (χ0n) is 11.1. The molecule has 0 amide bonds. The number of ether oxygens (including phenoxy) is 1. The molecular weight excluding hydrogens is 210 g/mol. The molecule has 0 aliphatic carbocycles. The molecule has 0 spiro atoms. The minimum Gasteiger partial charge on any atom is -0.379 e. The molecule has 2 N–H and O–H groups in total. The third kappa shape index (κ3) is 2.38. The molecule has 0 aromatic heterocycles. The summed E-state index contributed by atoms with van der Waals surface area (Å²) in [6.45, 7) is 9.03. The summed E-state index contributed by atoms with van der Waals surface area (Å²) in [5, 5.41) is 0. The summed E-state index contributed by atoms with van der Waals surface area (Å²) >= 11 is 0. The van der Waals surface area contributed by atoms with Gasteiger partial charge >= 0.3 is 0 Å². The lowest BCUT2D eigenvalue weighted by atomic mass is 9.71. The van der Waals surface area contributed by atoms with Gasteiger partial charge in [0.2, 0.25) is 0 Å². The fourth-order valence-electron chi connectivity index (χ4n) is 2.79. The van der Waals surface area contributed by atoms with Gasteiger partial charge in [0.05, 0.1) is 13.2 Å². The van der Waals surface area contributed by atoms with Gasteiger partial charge in [-0.15, -0.1) is 0 Å². The molecule has 1 aromatic rings. The van der Waals surface area contributed by atoms with Crippen LogP contribution < -0.4 is 5.73 Å². The first kappa shape index (κ1) is 12.6. The monoisotopic (exact) mass is 233 g/mol. The lowest BCUT2D eigenvalue weighted by Gasteiger charge is -2.44. The van der Waals surface area contributed by atoms with E-state index >= 15 is 0 Å². The fourth-order valence-corrected chi connectivity index (χ4v) is 2.79. The third-order valence-corrected chi connectivity index (χ3v) is 3.86. The Balaban J connectivity index is 2.31. The molecule has 2 nitrogen and oxygen atoms in total. The SMILES string of the molecule is Cc1ccc(C)c(C2(CC(C)CN)COC2)c1. The summed E-state index contributed by atoms with van der Waals surface area (Å²) in [5.41, 5.74) is 10.2. The Labute approximate surface area is 104 Å². The third-order valence-electron chi connectivity index (χ3n) is 3.86. The van der Waals surface area contributed by atoms with Crippen molar-refractivity contribution in [3.05, 3.63) is 34.9 Å². The van der Waals surface area contributed by atoms with E-state index in [1.807, 2.05) is 0 Å². The van der Waals surface area contributed by atoms with Gasteiger partial charge in [-0.05, 0) is 43.9 Å². The molecule has 1 aliphatic rings. The quantitative estimate of drug-likeness (QED) is 0.867. The lowest BCUT2D eigenvalue weighted by molar-refractivity contribution is -0.0705. The van der Waals surface area contributed by atoms with Gasteiger partial charge in [-0.2, -0.15) is 0 Å². The largest absolute Gasteiger partial charge is 0.379 e. The van der Waals surface area contributed by atoms with Crippen LogP contribution in [0.15, 0.2) is 18.2 Å². The normalized spacial score (nSPS) is 19.8. The van der Waals surface area contributed by atoms with Crippen molar-refractivity contribution >= 4 is 0 Å². The number of aryl methyl sites for hydroxylation is 2. The van der Waals surface area contributed by atoms with Gasteiger partial charge in [0, 0.05) is 5.41 Å². The average molecular weight is 233 g/mol. The number of hydrogen-bond donors (Lipinski definition) is 1. The molecule has 0 radical (unpaired) electrons. The van der Waals surface area contributed by atoms with Crippen molar-refractivity contribution in [3.8, 4) is 0 Å². The highest BCUT2D eigenvalue weighted by Gasteiger charge is 2.41. The van der Waals surface area contributed by atoms with Gasteiger partial charge in [-0.1, -0.05) is 30.7 Å². The Morgan fingerprint density at radius 3 is 2.59 bits per heavy atom. The van der Waals surface area contributed by atoms with E-state index in [0.717, 1.165) is 26.2 Å². The average Bonchev–Trinajstić information content (AvgIpc) is 2.27. The molecule has 2 heteroatoms. The maximum atomic E-state index is 5.76. The Morgan fingerprint density at radius 1 is 1.35 bits per heavy atom. The molecule has 1 fully saturated rings. The standard InChI is InChI=1S/C15H23NO/c1-11-4-5-13(3)14(6-11)15(9-17-10-15)7-12(2)8-16/h4-6,12H,7-10,16H2,1-3H3. The van der Waals surface area contributed by atoms with Crippen molar-refractivity contribution < 1.29 is 4.74 Å². The van der Waals surface area contributed by atoms with E-state index in [1.54, 1.807) is 0 Å². The molecule has 1 atom stereocenters. The molecule has 94 valence electrons. The summed E-state index contributed by atoms with van der Waals surface area (Å²) < 4.78 is 5.49. The molecule has 0 saturated carbocycles. The molecule has 2 rings (SSSR count). The number of nitrogens with two attached hydrogens (primary N) is 1. The zero-order valence-corrected chi connectivity index (χ0v) is 11.1.